The molecule has 1 saturated heterocycles. The number of hydrogen-bond acceptors (Lipinski definition) is 5. The van der Waals surface area contributed by atoms with Crippen molar-refractivity contribution in [3.8, 4) is 0 Å². The van der Waals surface area contributed by atoms with Crippen molar-refractivity contribution >= 4 is 5.91 Å². The number of nitrogens with zero attached hydrogens (tertiary/aromatic N) is 4. The van der Waals surface area contributed by atoms with E-state index in [-0.39, 0.29) is 5.91 Å². The summed E-state index contributed by atoms with van der Waals surface area (Å²) in [7, 11) is 0. The molecular weight excluding hydrogens is 292 g/mol. The average Bonchev–Trinajstić information content (AvgIpc) is 3.17. The summed E-state index contributed by atoms with van der Waals surface area (Å²) in [5.41, 5.74) is 0.692. The predicted octanol–water partition coefficient (Wildman–Crippen LogP) is 2.37. The van der Waals surface area contributed by atoms with Gasteiger partial charge in [-0.05, 0) is 30.4 Å². The molecule has 0 bridgehead atoms. The first-order valence-electron chi connectivity index (χ1n) is 8.12. The van der Waals surface area contributed by atoms with Crippen LogP contribution in [0.25, 0.3) is 0 Å². The molecule has 0 aromatic carbocycles. The normalized spacial score (nSPS) is 17.9. The van der Waals surface area contributed by atoms with Crippen LogP contribution < -0.4 is 0 Å². The molecule has 23 heavy (non-hydrogen) atoms. The van der Waals surface area contributed by atoms with Crippen molar-refractivity contribution in [3.05, 3.63) is 41.9 Å². The van der Waals surface area contributed by atoms with Crippen molar-refractivity contribution in [2.24, 2.45) is 11.8 Å². The van der Waals surface area contributed by atoms with E-state index in [2.05, 4.69) is 29.0 Å². The molecule has 1 fully saturated rings. The summed E-state index contributed by atoms with van der Waals surface area (Å²) >= 11 is 0. The number of aromatic nitrogens is 3. The van der Waals surface area contributed by atoms with Crippen LogP contribution in [-0.2, 0) is 12.8 Å². The number of hydrogen-bond donors (Lipinski definition) is 0. The molecule has 3 heterocycles. The first-order chi connectivity index (χ1) is 11.1. The Balaban J connectivity index is 1.55. The second-order valence-electron chi connectivity index (χ2n) is 6.53. The van der Waals surface area contributed by atoms with Gasteiger partial charge >= 0.3 is 0 Å². The van der Waals surface area contributed by atoms with Crippen molar-refractivity contribution < 1.29 is 9.21 Å². The maximum absolute atomic E-state index is 12.4. The largest absolute Gasteiger partial charge is 0.425 e. The summed E-state index contributed by atoms with van der Waals surface area (Å²) < 4.78 is 5.70. The first kappa shape index (κ1) is 15.6. The highest BCUT2D eigenvalue weighted by Crippen LogP contribution is 2.22. The molecule has 2 aromatic heterocycles. The van der Waals surface area contributed by atoms with E-state index in [1.54, 1.807) is 24.5 Å². The summed E-state index contributed by atoms with van der Waals surface area (Å²) in [5, 5.41) is 8.23. The molecule has 0 N–H and O–H groups in total. The summed E-state index contributed by atoms with van der Waals surface area (Å²) in [6, 6.07) is 3.51. The van der Waals surface area contributed by atoms with Crippen molar-refractivity contribution in [1.29, 1.82) is 0 Å². The van der Waals surface area contributed by atoms with Crippen LogP contribution in [-0.4, -0.2) is 39.1 Å². The fourth-order valence-corrected chi connectivity index (χ4v) is 2.91. The second-order valence-corrected chi connectivity index (χ2v) is 6.53. The maximum atomic E-state index is 12.4. The third-order valence-electron chi connectivity index (χ3n) is 4.06. The SMILES string of the molecule is CC(C)Cc1nnc(CC2CCN(C(=O)c3ccncc3)C2)o1. The van der Waals surface area contributed by atoms with Gasteiger partial charge in [0.15, 0.2) is 0 Å². The Morgan fingerprint density at radius 3 is 2.78 bits per heavy atom. The topological polar surface area (TPSA) is 72.1 Å². The number of carbonyl (C=O) groups excluding carboxylic acids is 1. The molecule has 0 aliphatic carbocycles. The molecule has 1 unspecified atom stereocenters. The second kappa shape index (κ2) is 6.89. The maximum Gasteiger partial charge on any atom is 0.253 e. The van der Waals surface area contributed by atoms with Crippen LogP contribution in [0, 0.1) is 11.8 Å². The molecule has 0 spiro atoms. The van der Waals surface area contributed by atoms with Crippen molar-refractivity contribution in [3.63, 3.8) is 0 Å². The van der Waals surface area contributed by atoms with Gasteiger partial charge in [-0.15, -0.1) is 10.2 Å². The Morgan fingerprint density at radius 1 is 1.30 bits per heavy atom. The van der Waals surface area contributed by atoms with E-state index >= 15 is 0 Å². The summed E-state index contributed by atoms with van der Waals surface area (Å²) in [6.45, 7) is 5.77. The molecule has 6 heteroatoms. The highest BCUT2D eigenvalue weighted by molar-refractivity contribution is 5.94. The molecule has 0 radical (unpaired) electrons. The standard InChI is InChI=1S/C17H22N4O2/c1-12(2)9-15-19-20-16(23-15)10-13-5-8-21(11-13)17(22)14-3-6-18-7-4-14/h3-4,6-7,12-13H,5,8-11H2,1-2H3. The Bertz CT molecular complexity index is 654. The fraction of sp³-hybridized carbons (Fsp3) is 0.529. The van der Waals surface area contributed by atoms with Gasteiger partial charge in [-0.25, -0.2) is 0 Å². The number of rotatable bonds is 5. The Morgan fingerprint density at radius 2 is 2.04 bits per heavy atom. The molecule has 1 aliphatic heterocycles. The highest BCUT2D eigenvalue weighted by atomic mass is 16.4. The van der Waals surface area contributed by atoms with Crippen LogP contribution in [0.15, 0.2) is 28.9 Å². The molecule has 2 aromatic rings. The smallest absolute Gasteiger partial charge is 0.253 e. The van der Waals surface area contributed by atoms with Crippen LogP contribution in [0.5, 0.6) is 0 Å². The molecule has 6 nitrogen and oxygen atoms in total. The minimum atomic E-state index is 0.0703. The van der Waals surface area contributed by atoms with Crippen LogP contribution in [0.3, 0.4) is 0 Å². The van der Waals surface area contributed by atoms with Gasteiger partial charge in [0, 0.05) is 43.9 Å². The van der Waals surface area contributed by atoms with E-state index in [4.69, 9.17) is 4.42 Å². The first-order valence-corrected chi connectivity index (χ1v) is 8.12. The third-order valence-corrected chi connectivity index (χ3v) is 4.06. The number of amides is 1. The van der Waals surface area contributed by atoms with E-state index in [0.29, 0.717) is 29.2 Å². The lowest BCUT2D eigenvalue weighted by molar-refractivity contribution is 0.0786. The summed E-state index contributed by atoms with van der Waals surface area (Å²) in [5.74, 6) is 2.35. The molecular formula is C17H22N4O2. The van der Waals surface area contributed by atoms with Crippen molar-refractivity contribution in [1.82, 2.24) is 20.1 Å². The number of pyridine rings is 1. The molecule has 1 aliphatic rings. The van der Waals surface area contributed by atoms with Gasteiger partial charge < -0.3 is 9.32 Å². The fourth-order valence-electron chi connectivity index (χ4n) is 2.91. The molecule has 1 amide bonds. The van der Waals surface area contributed by atoms with Gasteiger partial charge in [0.05, 0.1) is 0 Å². The van der Waals surface area contributed by atoms with Crippen molar-refractivity contribution in [2.45, 2.75) is 33.1 Å². The van der Waals surface area contributed by atoms with E-state index in [9.17, 15) is 4.79 Å². The van der Waals surface area contributed by atoms with Gasteiger partial charge in [0.25, 0.3) is 5.91 Å². The van der Waals surface area contributed by atoms with E-state index in [1.165, 1.54) is 0 Å². The lowest BCUT2D eigenvalue weighted by atomic mass is 10.1. The zero-order valence-corrected chi connectivity index (χ0v) is 13.6. The van der Waals surface area contributed by atoms with E-state index < -0.39 is 0 Å². The highest BCUT2D eigenvalue weighted by Gasteiger charge is 2.28. The Labute approximate surface area is 135 Å². The molecule has 1 atom stereocenters. The predicted molar refractivity (Wildman–Crippen MR) is 84.8 cm³/mol. The van der Waals surface area contributed by atoms with Crippen LogP contribution >= 0.6 is 0 Å². The summed E-state index contributed by atoms with van der Waals surface area (Å²) in [4.78, 5) is 18.3. The van der Waals surface area contributed by atoms with Gasteiger partial charge in [-0.1, -0.05) is 13.8 Å². The minimum Gasteiger partial charge on any atom is -0.425 e. The monoisotopic (exact) mass is 314 g/mol. The minimum absolute atomic E-state index is 0.0703. The molecule has 3 rings (SSSR count). The van der Waals surface area contributed by atoms with Gasteiger partial charge in [0.2, 0.25) is 11.8 Å². The zero-order valence-electron chi connectivity index (χ0n) is 13.6. The third kappa shape index (κ3) is 3.94. The van der Waals surface area contributed by atoms with E-state index in [1.807, 2.05) is 4.90 Å². The Hall–Kier alpha value is -2.24. The van der Waals surface area contributed by atoms with E-state index in [0.717, 1.165) is 32.4 Å². The number of likely N-dealkylation sites (tertiary alicyclic amines) is 1. The van der Waals surface area contributed by atoms with Crippen LogP contribution in [0.2, 0.25) is 0 Å². The quantitative estimate of drug-likeness (QED) is 0.847. The van der Waals surface area contributed by atoms with Gasteiger partial charge in [-0.2, -0.15) is 0 Å². The lowest BCUT2D eigenvalue weighted by Crippen LogP contribution is -2.28. The molecule has 0 saturated carbocycles. The van der Waals surface area contributed by atoms with Gasteiger partial charge in [-0.3, -0.25) is 9.78 Å². The number of carbonyl (C=O) groups is 1. The molecule has 122 valence electrons. The zero-order chi connectivity index (χ0) is 16.2. The van der Waals surface area contributed by atoms with Crippen molar-refractivity contribution in [2.75, 3.05) is 13.1 Å². The van der Waals surface area contributed by atoms with Crippen LogP contribution in [0.1, 0.15) is 42.4 Å². The summed E-state index contributed by atoms with van der Waals surface area (Å²) in [6.07, 6.45) is 5.82. The average molecular weight is 314 g/mol. The lowest BCUT2D eigenvalue weighted by Gasteiger charge is -2.16. The van der Waals surface area contributed by atoms with Crippen LogP contribution in [0.4, 0.5) is 0 Å². The van der Waals surface area contributed by atoms with Gasteiger partial charge in [0.1, 0.15) is 0 Å². The Kier molecular flexibility index (Phi) is 4.69.